The summed E-state index contributed by atoms with van der Waals surface area (Å²) < 4.78 is 1.03. The number of likely N-dealkylation sites (N-methyl/N-ethyl adjacent to an activating group) is 1. The van der Waals surface area contributed by atoms with E-state index in [1.807, 2.05) is 24.3 Å². The summed E-state index contributed by atoms with van der Waals surface area (Å²) in [5, 5.41) is 11.4. The first-order chi connectivity index (χ1) is 10.8. The van der Waals surface area contributed by atoms with Crippen molar-refractivity contribution in [2.75, 3.05) is 7.05 Å². The Labute approximate surface area is 152 Å². The lowest BCUT2D eigenvalue weighted by Crippen LogP contribution is -2.40. The molecule has 0 bridgehead atoms. The van der Waals surface area contributed by atoms with Crippen LogP contribution in [-0.4, -0.2) is 28.8 Å². The molecule has 23 heavy (non-hydrogen) atoms. The molecule has 0 saturated carbocycles. The van der Waals surface area contributed by atoms with Crippen molar-refractivity contribution in [2.45, 2.75) is 12.5 Å². The first kappa shape index (κ1) is 16.2. The van der Waals surface area contributed by atoms with E-state index in [4.69, 9.17) is 17.0 Å². The second-order valence-electron chi connectivity index (χ2n) is 5.58. The van der Waals surface area contributed by atoms with Crippen LogP contribution in [0.3, 0.4) is 0 Å². The number of guanidine groups is 1. The van der Waals surface area contributed by atoms with E-state index < -0.39 is 5.54 Å². The fraction of sp³-hybridized carbons (Fsp3) is 0.188. The number of hydrogen-bond acceptors (Lipinski definition) is 3. The minimum atomic E-state index is -0.986. The molecular formula is C16H14ClIN4O. The zero-order chi connectivity index (χ0) is 16.8. The summed E-state index contributed by atoms with van der Waals surface area (Å²) >= 11 is 8.34. The van der Waals surface area contributed by atoms with Gasteiger partial charge in [0.25, 0.3) is 5.91 Å². The normalized spacial score (nSPS) is 20.8. The third-order valence-corrected chi connectivity index (χ3v) is 4.79. The van der Waals surface area contributed by atoms with E-state index in [0.29, 0.717) is 10.6 Å². The summed E-state index contributed by atoms with van der Waals surface area (Å²) in [6.07, 6.45) is 3.39. The van der Waals surface area contributed by atoms with Crippen LogP contribution in [0.15, 0.2) is 36.7 Å². The molecule has 1 aliphatic rings. The van der Waals surface area contributed by atoms with Gasteiger partial charge in [-0.3, -0.25) is 20.1 Å². The molecular weight excluding hydrogens is 427 g/mol. The van der Waals surface area contributed by atoms with E-state index in [0.717, 1.165) is 14.7 Å². The zero-order valence-corrected chi connectivity index (χ0v) is 15.4. The highest BCUT2D eigenvalue weighted by Gasteiger charge is 2.45. The van der Waals surface area contributed by atoms with Crippen molar-refractivity contribution in [1.82, 2.24) is 15.2 Å². The van der Waals surface area contributed by atoms with Crippen LogP contribution in [-0.2, 0) is 10.3 Å². The molecule has 2 N–H and O–H groups in total. The van der Waals surface area contributed by atoms with Gasteiger partial charge in [-0.1, -0.05) is 11.6 Å². The largest absolute Gasteiger partial charge is 0.338 e. The van der Waals surface area contributed by atoms with E-state index >= 15 is 0 Å². The third kappa shape index (κ3) is 2.81. The number of pyridine rings is 1. The topological polar surface area (TPSA) is 69.1 Å². The second kappa shape index (κ2) is 5.76. The Bertz CT molecular complexity index is 805. The van der Waals surface area contributed by atoms with Crippen LogP contribution in [0.2, 0.25) is 5.02 Å². The predicted octanol–water partition coefficient (Wildman–Crippen LogP) is 3.22. The lowest BCUT2D eigenvalue weighted by atomic mass is 9.91. The number of halogens is 2. The lowest BCUT2D eigenvalue weighted by Gasteiger charge is -2.22. The molecule has 118 valence electrons. The molecule has 1 aromatic heterocycles. The van der Waals surface area contributed by atoms with Crippen LogP contribution in [0, 0.1) is 8.98 Å². The molecule has 1 unspecified atom stereocenters. The minimum absolute atomic E-state index is 0.0835. The lowest BCUT2D eigenvalue weighted by molar-refractivity contribution is -0.129. The number of benzene rings is 1. The number of nitrogens with zero attached hydrogens (tertiary/aromatic N) is 2. The maximum absolute atomic E-state index is 12.5. The molecule has 0 aliphatic carbocycles. The fourth-order valence-electron chi connectivity index (χ4n) is 2.60. The molecule has 2 aromatic rings. The van der Waals surface area contributed by atoms with Gasteiger partial charge in [0, 0.05) is 39.2 Å². The van der Waals surface area contributed by atoms with E-state index in [1.54, 1.807) is 26.4 Å². The van der Waals surface area contributed by atoms with E-state index in [2.05, 4.69) is 32.9 Å². The number of nitrogens with one attached hydrogen (secondary N) is 2. The predicted molar refractivity (Wildman–Crippen MR) is 98.4 cm³/mol. The summed E-state index contributed by atoms with van der Waals surface area (Å²) in [7, 11) is 1.58. The van der Waals surface area contributed by atoms with Crippen LogP contribution in [0.4, 0.5) is 0 Å². The van der Waals surface area contributed by atoms with Gasteiger partial charge >= 0.3 is 0 Å². The highest BCUT2D eigenvalue weighted by Crippen LogP contribution is 2.31. The quantitative estimate of drug-likeness (QED) is 0.705. The SMILES string of the molecule is CN1C(=N)NC(C)(c2cncc(-c3cc(Cl)cc(I)c3)c2)C1=O. The van der Waals surface area contributed by atoms with Crippen molar-refractivity contribution in [2.24, 2.45) is 0 Å². The smallest absolute Gasteiger partial charge is 0.259 e. The van der Waals surface area contributed by atoms with E-state index in [9.17, 15) is 4.79 Å². The molecule has 1 fully saturated rings. The van der Waals surface area contributed by atoms with Crippen LogP contribution in [0.25, 0.3) is 11.1 Å². The number of amides is 1. The average molecular weight is 441 g/mol. The van der Waals surface area contributed by atoms with Crippen molar-refractivity contribution in [1.29, 1.82) is 5.41 Å². The molecule has 5 nitrogen and oxygen atoms in total. The van der Waals surface area contributed by atoms with Gasteiger partial charge in [-0.15, -0.1) is 0 Å². The Morgan fingerprint density at radius 1 is 1.26 bits per heavy atom. The highest BCUT2D eigenvalue weighted by molar-refractivity contribution is 14.1. The van der Waals surface area contributed by atoms with Crippen molar-refractivity contribution >= 4 is 46.1 Å². The molecule has 3 rings (SSSR count). The number of hydrogen-bond donors (Lipinski definition) is 2. The molecule has 1 amide bonds. The molecule has 1 aromatic carbocycles. The average Bonchev–Trinajstić information content (AvgIpc) is 2.71. The minimum Gasteiger partial charge on any atom is -0.338 e. The molecule has 0 radical (unpaired) electrons. The van der Waals surface area contributed by atoms with Gasteiger partial charge < -0.3 is 5.32 Å². The number of carbonyl (C=O) groups excluding carboxylic acids is 1. The van der Waals surface area contributed by atoms with Gasteiger partial charge in [-0.2, -0.15) is 0 Å². The van der Waals surface area contributed by atoms with E-state index in [-0.39, 0.29) is 11.9 Å². The van der Waals surface area contributed by atoms with Gasteiger partial charge in [-0.25, -0.2) is 0 Å². The Morgan fingerprint density at radius 2 is 2.00 bits per heavy atom. The van der Waals surface area contributed by atoms with Crippen LogP contribution < -0.4 is 5.32 Å². The monoisotopic (exact) mass is 440 g/mol. The Balaban J connectivity index is 2.07. The second-order valence-corrected chi connectivity index (χ2v) is 7.27. The summed E-state index contributed by atoms with van der Waals surface area (Å²) in [5.74, 6) is -0.0951. The number of aromatic nitrogens is 1. The first-order valence-electron chi connectivity index (χ1n) is 6.88. The third-order valence-electron chi connectivity index (χ3n) is 3.95. The number of carbonyl (C=O) groups is 1. The van der Waals surface area contributed by atoms with Crippen LogP contribution >= 0.6 is 34.2 Å². The summed E-state index contributed by atoms with van der Waals surface area (Å²) in [4.78, 5) is 18.0. The highest BCUT2D eigenvalue weighted by atomic mass is 127. The molecule has 0 spiro atoms. The van der Waals surface area contributed by atoms with E-state index in [1.165, 1.54) is 4.90 Å². The Hall–Kier alpha value is -1.67. The van der Waals surface area contributed by atoms with Crippen LogP contribution in [0.1, 0.15) is 12.5 Å². The Kier molecular flexibility index (Phi) is 4.05. The van der Waals surface area contributed by atoms with Gasteiger partial charge in [0.15, 0.2) is 5.96 Å². The molecule has 7 heteroatoms. The van der Waals surface area contributed by atoms with Crippen molar-refractivity contribution < 1.29 is 4.79 Å². The maximum atomic E-state index is 12.5. The van der Waals surface area contributed by atoms with Gasteiger partial charge in [-0.05, 0) is 59.3 Å². The molecule has 1 aliphatic heterocycles. The standard InChI is InChI=1S/C16H14ClIN4O/c1-16(14(23)22(2)15(19)21-16)11-3-10(7-20-8-11)9-4-12(17)6-13(18)5-9/h3-8H,1-2H3,(H2,19,21). The maximum Gasteiger partial charge on any atom is 0.259 e. The van der Waals surface area contributed by atoms with Crippen molar-refractivity contribution in [3.63, 3.8) is 0 Å². The first-order valence-corrected chi connectivity index (χ1v) is 8.34. The van der Waals surface area contributed by atoms with Crippen LogP contribution in [0.5, 0.6) is 0 Å². The summed E-state index contributed by atoms with van der Waals surface area (Å²) in [5.41, 5.74) is 1.54. The van der Waals surface area contributed by atoms with Gasteiger partial charge in [0.2, 0.25) is 0 Å². The van der Waals surface area contributed by atoms with Crippen molar-refractivity contribution in [3.8, 4) is 11.1 Å². The Morgan fingerprint density at radius 3 is 2.61 bits per heavy atom. The van der Waals surface area contributed by atoms with Crippen molar-refractivity contribution in [3.05, 3.63) is 50.8 Å². The van der Waals surface area contributed by atoms with Gasteiger partial charge in [0.1, 0.15) is 5.54 Å². The summed E-state index contributed by atoms with van der Waals surface area (Å²) in [6.45, 7) is 1.76. The summed E-state index contributed by atoms with van der Waals surface area (Å²) in [6, 6.07) is 7.66. The molecule has 1 atom stereocenters. The number of rotatable bonds is 2. The van der Waals surface area contributed by atoms with Gasteiger partial charge in [0.05, 0.1) is 0 Å². The zero-order valence-electron chi connectivity index (χ0n) is 12.5. The molecule has 2 heterocycles. The fourth-order valence-corrected chi connectivity index (χ4v) is 3.69. The molecule has 1 saturated heterocycles.